The second-order valence-electron chi connectivity index (χ2n) is 4.86. The Morgan fingerprint density at radius 2 is 1.95 bits per heavy atom. The molecule has 0 bridgehead atoms. The topological polar surface area (TPSA) is 58.6 Å². The van der Waals surface area contributed by atoms with E-state index in [1.807, 2.05) is 32.0 Å². The van der Waals surface area contributed by atoms with E-state index >= 15 is 0 Å². The highest BCUT2D eigenvalue weighted by Crippen LogP contribution is 2.03. The van der Waals surface area contributed by atoms with Crippen LogP contribution >= 0.6 is 0 Å². The maximum atomic E-state index is 12.1. The molecule has 0 aliphatic rings. The zero-order valence-corrected chi connectivity index (χ0v) is 13.0. The first-order chi connectivity index (χ1) is 10.1. The van der Waals surface area contributed by atoms with Crippen LogP contribution in [0.5, 0.6) is 0 Å². The van der Waals surface area contributed by atoms with Crippen LogP contribution in [0.2, 0.25) is 0 Å². The van der Waals surface area contributed by atoms with E-state index in [-0.39, 0.29) is 17.9 Å². The quantitative estimate of drug-likeness (QED) is 0.793. The summed E-state index contributed by atoms with van der Waals surface area (Å²) < 4.78 is 5.07. The highest BCUT2D eigenvalue weighted by molar-refractivity contribution is 5.94. The molecule has 1 unspecified atom stereocenters. The molecule has 2 amide bonds. The molecule has 0 fully saturated rings. The van der Waals surface area contributed by atoms with Gasteiger partial charge in [-0.3, -0.25) is 9.59 Å². The van der Waals surface area contributed by atoms with Crippen molar-refractivity contribution < 1.29 is 14.3 Å². The van der Waals surface area contributed by atoms with Crippen LogP contribution in [-0.4, -0.2) is 49.6 Å². The van der Waals surface area contributed by atoms with Crippen molar-refractivity contribution in [1.82, 2.24) is 10.2 Å². The van der Waals surface area contributed by atoms with E-state index in [9.17, 15) is 9.59 Å². The Labute approximate surface area is 126 Å². The van der Waals surface area contributed by atoms with E-state index in [4.69, 9.17) is 4.74 Å². The van der Waals surface area contributed by atoms with Crippen molar-refractivity contribution in [3.8, 4) is 0 Å². The summed E-state index contributed by atoms with van der Waals surface area (Å²) in [6, 6.07) is 9.01. The number of hydrogen-bond acceptors (Lipinski definition) is 3. The average Bonchev–Trinajstić information content (AvgIpc) is 2.49. The van der Waals surface area contributed by atoms with Crippen molar-refractivity contribution in [3.63, 3.8) is 0 Å². The minimum Gasteiger partial charge on any atom is -0.383 e. The molecule has 5 heteroatoms. The van der Waals surface area contributed by atoms with Crippen LogP contribution < -0.4 is 5.32 Å². The summed E-state index contributed by atoms with van der Waals surface area (Å²) in [5.74, 6) is -0.133. The average molecular weight is 292 g/mol. The molecule has 0 aromatic heterocycles. The Kier molecular flexibility index (Phi) is 7.46. The number of nitrogens with one attached hydrogen (secondary N) is 1. The van der Waals surface area contributed by atoms with Crippen LogP contribution in [0.3, 0.4) is 0 Å². The largest absolute Gasteiger partial charge is 0.383 e. The summed E-state index contributed by atoms with van der Waals surface area (Å²) in [6.45, 7) is 5.37. The Morgan fingerprint density at radius 1 is 1.29 bits per heavy atom. The minimum absolute atomic E-state index is 0.0235. The van der Waals surface area contributed by atoms with Crippen molar-refractivity contribution in [2.75, 3.05) is 26.8 Å². The maximum Gasteiger partial charge on any atom is 0.251 e. The van der Waals surface area contributed by atoms with Crippen molar-refractivity contribution in [2.45, 2.75) is 26.3 Å². The zero-order chi connectivity index (χ0) is 15.7. The predicted molar refractivity (Wildman–Crippen MR) is 82.1 cm³/mol. The SMILES string of the molecule is CCN(C(=O)CCNC(=O)c1ccccc1)C(C)COC. The normalized spacial score (nSPS) is 11.8. The molecule has 1 atom stereocenters. The fourth-order valence-electron chi connectivity index (χ4n) is 2.18. The van der Waals surface area contributed by atoms with Gasteiger partial charge in [0.25, 0.3) is 5.91 Å². The van der Waals surface area contributed by atoms with E-state index in [2.05, 4.69) is 5.32 Å². The van der Waals surface area contributed by atoms with Crippen molar-refractivity contribution >= 4 is 11.8 Å². The van der Waals surface area contributed by atoms with Gasteiger partial charge in [-0.15, -0.1) is 0 Å². The molecule has 0 aliphatic heterocycles. The molecule has 1 aromatic carbocycles. The molecule has 0 aliphatic carbocycles. The minimum atomic E-state index is -0.156. The Morgan fingerprint density at radius 3 is 2.52 bits per heavy atom. The van der Waals surface area contributed by atoms with Gasteiger partial charge in [-0.2, -0.15) is 0 Å². The lowest BCUT2D eigenvalue weighted by molar-refractivity contribution is -0.133. The summed E-state index contributed by atoms with van der Waals surface area (Å²) in [7, 11) is 1.62. The van der Waals surface area contributed by atoms with Crippen molar-refractivity contribution in [3.05, 3.63) is 35.9 Å². The summed E-state index contributed by atoms with van der Waals surface area (Å²) in [4.78, 5) is 25.7. The molecular weight excluding hydrogens is 268 g/mol. The highest BCUT2D eigenvalue weighted by atomic mass is 16.5. The Bertz CT molecular complexity index is 448. The van der Waals surface area contributed by atoms with Gasteiger partial charge in [0.05, 0.1) is 12.6 Å². The molecular formula is C16H24N2O3. The predicted octanol–water partition coefficient (Wildman–Crippen LogP) is 1.69. The first-order valence-corrected chi connectivity index (χ1v) is 7.21. The van der Waals surface area contributed by atoms with Crippen LogP contribution in [0.4, 0.5) is 0 Å². The van der Waals surface area contributed by atoms with Gasteiger partial charge in [-0.05, 0) is 26.0 Å². The second kappa shape index (κ2) is 9.13. The third-order valence-corrected chi connectivity index (χ3v) is 3.26. The van der Waals surface area contributed by atoms with E-state index in [1.54, 1.807) is 24.1 Å². The summed E-state index contributed by atoms with van der Waals surface area (Å²) in [6.07, 6.45) is 0.292. The first kappa shape index (κ1) is 17.2. The summed E-state index contributed by atoms with van der Waals surface area (Å²) in [5.41, 5.74) is 0.602. The summed E-state index contributed by atoms with van der Waals surface area (Å²) in [5, 5.41) is 2.76. The number of carbonyl (C=O) groups is 2. The zero-order valence-electron chi connectivity index (χ0n) is 13.0. The van der Waals surface area contributed by atoms with Gasteiger partial charge in [0.1, 0.15) is 0 Å². The molecule has 1 aromatic rings. The number of ether oxygens (including phenoxy) is 1. The fraction of sp³-hybridized carbons (Fsp3) is 0.500. The molecule has 5 nitrogen and oxygen atoms in total. The van der Waals surface area contributed by atoms with Gasteiger partial charge in [0.2, 0.25) is 5.91 Å². The van der Waals surface area contributed by atoms with E-state index in [0.717, 1.165) is 0 Å². The Hall–Kier alpha value is -1.88. The van der Waals surface area contributed by atoms with Crippen LogP contribution in [0.25, 0.3) is 0 Å². The number of nitrogens with zero attached hydrogens (tertiary/aromatic N) is 1. The molecule has 0 radical (unpaired) electrons. The Balaban J connectivity index is 2.40. The lowest BCUT2D eigenvalue weighted by atomic mass is 10.2. The number of likely N-dealkylation sites (N-methyl/N-ethyl adjacent to an activating group) is 1. The van der Waals surface area contributed by atoms with Crippen LogP contribution in [0.15, 0.2) is 30.3 Å². The second-order valence-corrected chi connectivity index (χ2v) is 4.86. The molecule has 0 heterocycles. The first-order valence-electron chi connectivity index (χ1n) is 7.21. The van der Waals surface area contributed by atoms with Gasteiger partial charge in [0, 0.05) is 32.2 Å². The smallest absolute Gasteiger partial charge is 0.251 e. The number of rotatable bonds is 8. The fourth-order valence-corrected chi connectivity index (χ4v) is 2.18. The monoisotopic (exact) mass is 292 g/mol. The van der Waals surface area contributed by atoms with Crippen molar-refractivity contribution in [1.29, 1.82) is 0 Å². The lowest BCUT2D eigenvalue weighted by Gasteiger charge is -2.27. The standard InChI is InChI=1S/C16H24N2O3/c1-4-18(13(2)12-21-3)15(19)10-11-17-16(20)14-8-6-5-7-9-14/h5-9,13H,4,10-12H2,1-3H3,(H,17,20). The molecule has 1 rings (SSSR count). The number of amides is 2. The van der Waals surface area contributed by atoms with Gasteiger partial charge in [-0.25, -0.2) is 0 Å². The third kappa shape index (κ3) is 5.55. The van der Waals surface area contributed by atoms with Gasteiger partial charge >= 0.3 is 0 Å². The molecule has 116 valence electrons. The van der Waals surface area contributed by atoms with Gasteiger partial charge in [-0.1, -0.05) is 18.2 Å². The molecule has 0 saturated heterocycles. The lowest BCUT2D eigenvalue weighted by Crippen LogP contribution is -2.42. The van der Waals surface area contributed by atoms with E-state index in [1.165, 1.54) is 0 Å². The van der Waals surface area contributed by atoms with Crippen LogP contribution in [-0.2, 0) is 9.53 Å². The van der Waals surface area contributed by atoms with E-state index in [0.29, 0.717) is 31.7 Å². The number of methoxy groups -OCH3 is 1. The number of hydrogen-bond donors (Lipinski definition) is 1. The van der Waals surface area contributed by atoms with Crippen LogP contribution in [0, 0.1) is 0 Å². The van der Waals surface area contributed by atoms with Crippen molar-refractivity contribution in [2.24, 2.45) is 0 Å². The summed E-state index contributed by atoms with van der Waals surface area (Å²) >= 11 is 0. The number of carbonyl (C=O) groups excluding carboxylic acids is 2. The third-order valence-electron chi connectivity index (χ3n) is 3.26. The molecule has 0 spiro atoms. The maximum absolute atomic E-state index is 12.1. The van der Waals surface area contributed by atoms with Gasteiger partial charge < -0.3 is 15.0 Å². The van der Waals surface area contributed by atoms with Gasteiger partial charge in [0.15, 0.2) is 0 Å². The van der Waals surface area contributed by atoms with Crippen LogP contribution in [0.1, 0.15) is 30.6 Å². The highest BCUT2D eigenvalue weighted by Gasteiger charge is 2.18. The molecule has 0 saturated carbocycles. The van der Waals surface area contributed by atoms with E-state index < -0.39 is 0 Å². The molecule has 1 N–H and O–H groups in total. The molecule has 21 heavy (non-hydrogen) atoms. The number of benzene rings is 1.